The van der Waals surface area contributed by atoms with Gasteiger partial charge in [0.1, 0.15) is 0 Å². The molecule has 0 saturated heterocycles. The molecule has 3 heteroatoms. The van der Waals surface area contributed by atoms with Crippen LogP contribution in [0.25, 0.3) is 0 Å². The van der Waals surface area contributed by atoms with E-state index in [9.17, 15) is 4.79 Å². The molecular weight excluding hydrogens is 224 g/mol. The van der Waals surface area contributed by atoms with E-state index in [1.807, 2.05) is 0 Å². The molecule has 3 N–H and O–H groups in total. The van der Waals surface area contributed by atoms with Crippen molar-refractivity contribution in [1.29, 1.82) is 0 Å². The van der Waals surface area contributed by atoms with E-state index in [2.05, 4.69) is 33.0 Å². The van der Waals surface area contributed by atoms with Gasteiger partial charge in [-0.1, -0.05) is 40.0 Å². The fourth-order valence-corrected chi connectivity index (χ4v) is 3.21. The number of carbonyl (C=O) groups excluding carboxylic acids is 1. The highest BCUT2D eigenvalue weighted by molar-refractivity contribution is 5.79. The van der Waals surface area contributed by atoms with E-state index in [4.69, 9.17) is 5.73 Å². The summed E-state index contributed by atoms with van der Waals surface area (Å²) in [7, 11) is 0. The summed E-state index contributed by atoms with van der Waals surface area (Å²) >= 11 is 0. The molecule has 0 bridgehead atoms. The standard InChI is InChI=1S/C15H30N2O/c1-5-12(6-2)11(4)17-15(18)13-8-7-9-14(16)10(13)3/h10-14H,5-9,16H2,1-4H3,(H,17,18). The zero-order valence-corrected chi connectivity index (χ0v) is 12.4. The van der Waals surface area contributed by atoms with Crippen molar-refractivity contribution in [2.24, 2.45) is 23.5 Å². The van der Waals surface area contributed by atoms with Gasteiger partial charge < -0.3 is 11.1 Å². The Morgan fingerprint density at radius 1 is 1.33 bits per heavy atom. The third-order valence-corrected chi connectivity index (χ3v) is 4.83. The molecule has 0 heterocycles. The summed E-state index contributed by atoms with van der Waals surface area (Å²) < 4.78 is 0. The second kappa shape index (κ2) is 7.13. The van der Waals surface area contributed by atoms with Crippen molar-refractivity contribution in [2.45, 2.75) is 71.9 Å². The number of amides is 1. The van der Waals surface area contributed by atoms with Crippen LogP contribution in [0.1, 0.15) is 59.8 Å². The molecule has 4 atom stereocenters. The van der Waals surface area contributed by atoms with Crippen molar-refractivity contribution in [3.63, 3.8) is 0 Å². The Balaban J connectivity index is 2.53. The largest absolute Gasteiger partial charge is 0.353 e. The summed E-state index contributed by atoms with van der Waals surface area (Å²) in [6, 6.07) is 0.468. The van der Waals surface area contributed by atoms with Crippen LogP contribution in [0, 0.1) is 17.8 Å². The topological polar surface area (TPSA) is 55.1 Å². The highest BCUT2D eigenvalue weighted by Gasteiger charge is 2.33. The van der Waals surface area contributed by atoms with Crippen molar-refractivity contribution in [3.8, 4) is 0 Å². The minimum atomic E-state index is 0.116. The van der Waals surface area contributed by atoms with Gasteiger partial charge in [-0.25, -0.2) is 0 Å². The molecule has 1 aliphatic rings. The summed E-state index contributed by atoms with van der Waals surface area (Å²) in [6.45, 7) is 8.63. The number of carbonyl (C=O) groups is 1. The number of rotatable bonds is 5. The normalized spacial score (nSPS) is 30.2. The second-order valence-corrected chi connectivity index (χ2v) is 5.93. The molecule has 0 spiro atoms. The van der Waals surface area contributed by atoms with E-state index in [1.165, 1.54) is 0 Å². The Hall–Kier alpha value is -0.570. The van der Waals surface area contributed by atoms with Crippen molar-refractivity contribution in [3.05, 3.63) is 0 Å². The van der Waals surface area contributed by atoms with Gasteiger partial charge in [-0.3, -0.25) is 4.79 Å². The minimum Gasteiger partial charge on any atom is -0.353 e. The first-order valence-corrected chi connectivity index (χ1v) is 7.57. The van der Waals surface area contributed by atoms with Crippen LogP contribution in [0.5, 0.6) is 0 Å². The number of hydrogen-bond donors (Lipinski definition) is 2. The Kier molecular flexibility index (Phi) is 6.13. The molecule has 1 saturated carbocycles. The quantitative estimate of drug-likeness (QED) is 0.792. The maximum atomic E-state index is 12.3. The lowest BCUT2D eigenvalue weighted by Gasteiger charge is -2.34. The van der Waals surface area contributed by atoms with E-state index in [0.717, 1.165) is 32.1 Å². The molecule has 1 amide bonds. The first kappa shape index (κ1) is 15.5. The molecule has 0 radical (unpaired) electrons. The predicted molar refractivity (Wildman–Crippen MR) is 76.2 cm³/mol. The van der Waals surface area contributed by atoms with Crippen LogP contribution in [0.3, 0.4) is 0 Å². The summed E-state index contributed by atoms with van der Waals surface area (Å²) in [5.74, 6) is 1.23. The van der Waals surface area contributed by atoms with Crippen molar-refractivity contribution in [1.82, 2.24) is 5.32 Å². The molecule has 1 aliphatic carbocycles. The van der Waals surface area contributed by atoms with Crippen molar-refractivity contribution in [2.75, 3.05) is 0 Å². The van der Waals surface area contributed by atoms with Gasteiger partial charge in [-0.15, -0.1) is 0 Å². The Labute approximate surface area is 112 Å². The number of nitrogens with one attached hydrogen (secondary N) is 1. The molecule has 106 valence electrons. The van der Waals surface area contributed by atoms with Crippen LogP contribution < -0.4 is 11.1 Å². The van der Waals surface area contributed by atoms with E-state index in [1.54, 1.807) is 0 Å². The third kappa shape index (κ3) is 3.71. The van der Waals surface area contributed by atoms with E-state index in [0.29, 0.717) is 11.8 Å². The lowest BCUT2D eigenvalue weighted by atomic mass is 9.76. The average molecular weight is 254 g/mol. The summed E-state index contributed by atoms with van der Waals surface area (Å²) in [4.78, 5) is 12.3. The molecule has 1 rings (SSSR count). The lowest BCUT2D eigenvalue weighted by Crippen LogP contribution is -2.47. The molecular formula is C15H30N2O. The fourth-order valence-electron chi connectivity index (χ4n) is 3.21. The highest BCUT2D eigenvalue weighted by atomic mass is 16.2. The molecule has 4 unspecified atom stereocenters. The molecule has 0 aliphatic heterocycles. The lowest BCUT2D eigenvalue weighted by molar-refractivity contribution is -0.128. The van der Waals surface area contributed by atoms with E-state index >= 15 is 0 Å². The maximum absolute atomic E-state index is 12.3. The zero-order chi connectivity index (χ0) is 13.7. The van der Waals surface area contributed by atoms with Gasteiger partial charge in [-0.05, 0) is 31.6 Å². The first-order valence-electron chi connectivity index (χ1n) is 7.57. The van der Waals surface area contributed by atoms with Crippen molar-refractivity contribution < 1.29 is 4.79 Å². The first-order chi connectivity index (χ1) is 8.51. The van der Waals surface area contributed by atoms with Gasteiger partial charge in [0, 0.05) is 18.0 Å². The SMILES string of the molecule is CCC(CC)C(C)NC(=O)C1CCCC(N)C1C. The van der Waals surface area contributed by atoms with Crippen molar-refractivity contribution >= 4 is 5.91 Å². The van der Waals surface area contributed by atoms with Gasteiger partial charge in [0.2, 0.25) is 5.91 Å². The van der Waals surface area contributed by atoms with E-state index < -0.39 is 0 Å². The van der Waals surface area contributed by atoms with Crippen LogP contribution in [-0.2, 0) is 4.79 Å². The van der Waals surface area contributed by atoms with Gasteiger partial charge >= 0.3 is 0 Å². The molecule has 3 nitrogen and oxygen atoms in total. The third-order valence-electron chi connectivity index (χ3n) is 4.83. The minimum absolute atomic E-state index is 0.116. The van der Waals surface area contributed by atoms with Crippen LogP contribution in [0.15, 0.2) is 0 Å². The van der Waals surface area contributed by atoms with Crippen LogP contribution in [0.2, 0.25) is 0 Å². The molecule has 0 aromatic heterocycles. The molecule has 18 heavy (non-hydrogen) atoms. The van der Waals surface area contributed by atoms with Crippen LogP contribution >= 0.6 is 0 Å². The second-order valence-electron chi connectivity index (χ2n) is 5.93. The molecule has 0 aromatic carbocycles. The van der Waals surface area contributed by atoms with Gasteiger partial charge in [-0.2, -0.15) is 0 Å². The van der Waals surface area contributed by atoms with Gasteiger partial charge in [0.25, 0.3) is 0 Å². The average Bonchev–Trinajstić information content (AvgIpc) is 2.34. The van der Waals surface area contributed by atoms with E-state index in [-0.39, 0.29) is 23.9 Å². The molecule has 1 fully saturated rings. The van der Waals surface area contributed by atoms with Gasteiger partial charge in [0.15, 0.2) is 0 Å². The fraction of sp³-hybridized carbons (Fsp3) is 0.933. The Bertz CT molecular complexity index is 263. The monoisotopic (exact) mass is 254 g/mol. The van der Waals surface area contributed by atoms with Crippen LogP contribution in [-0.4, -0.2) is 18.0 Å². The summed E-state index contributed by atoms with van der Waals surface area (Å²) in [5.41, 5.74) is 6.07. The number of hydrogen-bond acceptors (Lipinski definition) is 2. The summed E-state index contributed by atoms with van der Waals surface area (Å²) in [5, 5.41) is 3.21. The van der Waals surface area contributed by atoms with Gasteiger partial charge in [0.05, 0.1) is 0 Å². The molecule has 0 aromatic rings. The number of nitrogens with two attached hydrogens (primary N) is 1. The predicted octanol–water partition coefficient (Wildman–Crippen LogP) is 2.69. The highest BCUT2D eigenvalue weighted by Crippen LogP contribution is 2.29. The Morgan fingerprint density at radius 2 is 1.94 bits per heavy atom. The zero-order valence-electron chi connectivity index (χ0n) is 12.4. The summed E-state index contributed by atoms with van der Waals surface area (Å²) in [6.07, 6.45) is 5.39. The smallest absolute Gasteiger partial charge is 0.223 e. The Morgan fingerprint density at radius 3 is 2.50 bits per heavy atom. The maximum Gasteiger partial charge on any atom is 0.223 e. The van der Waals surface area contributed by atoms with Crippen LogP contribution in [0.4, 0.5) is 0 Å².